The number of carbonyl (C=O) groups excluding carboxylic acids is 1. The van der Waals surface area contributed by atoms with Gasteiger partial charge in [-0.05, 0) is 39.0 Å². The van der Waals surface area contributed by atoms with E-state index in [4.69, 9.17) is 10.5 Å². The Morgan fingerprint density at radius 3 is 2.86 bits per heavy atom. The number of rotatable bonds is 8. The van der Waals surface area contributed by atoms with Crippen LogP contribution in [0.1, 0.15) is 81.5 Å². The summed E-state index contributed by atoms with van der Waals surface area (Å²) in [6.45, 7) is 4.13. The standard InChI is InChI=1S/C16H27N3O2/c1-3-4-5-6-8-12(2)21-14(20)13-11-18-15(19-13)16(17)9-7-10-16/h11-12H,3-10,17H2,1-2H3,(H,18,19). The summed E-state index contributed by atoms with van der Waals surface area (Å²) in [6.07, 6.45) is 10.1. The van der Waals surface area contributed by atoms with E-state index in [9.17, 15) is 4.79 Å². The Hall–Kier alpha value is -1.36. The molecule has 0 amide bonds. The summed E-state index contributed by atoms with van der Waals surface area (Å²) in [5, 5.41) is 0. The number of nitrogens with zero attached hydrogens (tertiary/aromatic N) is 1. The van der Waals surface area contributed by atoms with Crippen LogP contribution in [0.5, 0.6) is 0 Å². The van der Waals surface area contributed by atoms with Gasteiger partial charge in [0.2, 0.25) is 0 Å². The monoisotopic (exact) mass is 293 g/mol. The second-order valence-corrected chi connectivity index (χ2v) is 6.22. The van der Waals surface area contributed by atoms with Crippen LogP contribution in [0.4, 0.5) is 0 Å². The number of aromatic nitrogens is 2. The van der Waals surface area contributed by atoms with E-state index in [1.165, 1.54) is 25.5 Å². The molecule has 0 aliphatic heterocycles. The number of nitrogens with two attached hydrogens (primary N) is 1. The molecule has 0 bridgehead atoms. The Labute approximate surface area is 126 Å². The van der Waals surface area contributed by atoms with E-state index < -0.39 is 0 Å². The highest BCUT2D eigenvalue weighted by atomic mass is 16.5. The SMILES string of the molecule is CCCCCCC(C)OC(=O)c1cnc(C2(N)CCC2)[nH]1. The number of aromatic amines is 1. The first-order valence-electron chi connectivity index (χ1n) is 8.10. The molecule has 1 atom stereocenters. The molecule has 1 aromatic rings. The third kappa shape index (κ3) is 4.06. The van der Waals surface area contributed by atoms with Gasteiger partial charge in [0.15, 0.2) is 0 Å². The smallest absolute Gasteiger partial charge is 0.356 e. The molecule has 1 unspecified atom stereocenters. The van der Waals surface area contributed by atoms with Gasteiger partial charge in [-0.25, -0.2) is 9.78 Å². The van der Waals surface area contributed by atoms with Gasteiger partial charge in [0.05, 0.1) is 17.8 Å². The van der Waals surface area contributed by atoms with Gasteiger partial charge in [-0.1, -0.05) is 26.2 Å². The topological polar surface area (TPSA) is 81.0 Å². The number of hydrogen-bond acceptors (Lipinski definition) is 4. The van der Waals surface area contributed by atoms with Gasteiger partial charge in [-0.2, -0.15) is 0 Å². The number of hydrogen-bond donors (Lipinski definition) is 2. The minimum Gasteiger partial charge on any atom is -0.458 e. The summed E-state index contributed by atoms with van der Waals surface area (Å²) in [7, 11) is 0. The highest BCUT2D eigenvalue weighted by Gasteiger charge is 2.37. The Balaban J connectivity index is 1.80. The second-order valence-electron chi connectivity index (χ2n) is 6.22. The minimum atomic E-state index is -0.371. The lowest BCUT2D eigenvalue weighted by atomic mass is 9.77. The van der Waals surface area contributed by atoms with Crippen LogP contribution >= 0.6 is 0 Å². The summed E-state index contributed by atoms with van der Waals surface area (Å²) in [5.74, 6) is 0.371. The fourth-order valence-electron chi connectivity index (χ4n) is 2.64. The Morgan fingerprint density at radius 1 is 1.48 bits per heavy atom. The number of imidazole rings is 1. The van der Waals surface area contributed by atoms with E-state index in [-0.39, 0.29) is 17.6 Å². The first kappa shape index (κ1) is 16.0. The summed E-state index contributed by atoms with van der Waals surface area (Å²) in [6, 6.07) is 0. The molecule has 5 heteroatoms. The van der Waals surface area contributed by atoms with Crippen molar-refractivity contribution in [2.24, 2.45) is 5.73 Å². The largest absolute Gasteiger partial charge is 0.458 e. The van der Waals surface area contributed by atoms with Crippen molar-refractivity contribution >= 4 is 5.97 Å². The molecule has 0 saturated heterocycles. The Kier molecular flexibility index (Phi) is 5.39. The zero-order valence-corrected chi connectivity index (χ0v) is 13.2. The van der Waals surface area contributed by atoms with Crippen molar-refractivity contribution in [1.29, 1.82) is 0 Å². The summed E-state index contributed by atoms with van der Waals surface area (Å²) >= 11 is 0. The zero-order valence-electron chi connectivity index (χ0n) is 13.2. The third-order valence-electron chi connectivity index (χ3n) is 4.29. The molecule has 1 saturated carbocycles. The van der Waals surface area contributed by atoms with Gasteiger partial charge in [0, 0.05) is 0 Å². The molecule has 1 aliphatic rings. The highest BCUT2D eigenvalue weighted by Crippen LogP contribution is 2.36. The van der Waals surface area contributed by atoms with Gasteiger partial charge in [-0.3, -0.25) is 0 Å². The molecular weight excluding hydrogens is 266 g/mol. The molecule has 0 aromatic carbocycles. The van der Waals surface area contributed by atoms with E-state index in [0.717, 1.165) is 32.1 Å². The summed E-state index contributed by atoms with van der Waals surface area (Å²) in [4.78, 5) is 19.3. The van der Waals surface area contributed by atoms with Crippen LogP contribution in [0.2, 0.25) is 0 Å². The first-order valence-corrected chi connectivity index (χ1v) is 8.10. The lowest BCUT2D eigenvalue weighted by molar-refractivity contribution is 0.0312. The summed E-state index contributed by atoms with van der Waals surface area (Å²) < 4.78 is 5.44. The van der Waals surface area contributed by atoms with Gasteiger partial charge in [0.1, 0.15) is 11.5 Å². The molecule has 1 aromatic heterocycles. The average Bonchev–Trinajstić information content (AvgIpc) is 2.91. The predicted molar refractivity (Wildman–Crippen MR) is 81.9 cm³/mol. The molecule has 21 heavy (non-hydrogen) atoms. The first-order chi connectivity index (χ1) is 10.0. The average molecular weight is 293 g/mol. The fourth-order valence-corrected chi connectivity index (χ4v) is 2.64. The van der Waals surface area contributed by atoms with Crippen molar-refractivity contribution in [1.82, 2.24) is 9.97 Å². The quantitative estimate of drug-likeness (QED) is 0.569. The fraction of sp³-hybridized carbons (Fsp3) is 0.750. The minimum absolute atomic E-state index is 0.0587. The van der Waals surface area contributed by atoms with Gasteiger partial charge in [-0.15, -0.1) is 0 Å². The summed E-state index contributed by atoms with van der Waals surface area (Å²) in [5.41, 5.74) is 6.22. The number of unbranched alkanes of at least 4 members (excludes halogenated alkanes) is 3. The molecule has 5 nitrogen and oxygen atoms in total. The molecule has 0 radical (unpaired) electrons. The van der Waals surface area contributed by atoms with Crippen LogP contribution in [-0.2, 0) is 10.3 Å². The molecule has 1 fully saturated rings. The number of H-pyrrole nitrogens is 1. The number of esters is 1. The second kappa shape index (κ2) is 7.07. The molecule has 1 heterocycles. The lowest BCUT2D eigenvalue weighted by Gasteiger charge is -2.35. The van der Waals surface area contributed by atoms with Crippen LogP contribution in [-0.4, -0.2) is 22.0 Å². The van der Waals surface area contributed by atoms with E-state index in [1.54, 1.807) is 0 Å². The van der Waals surface area contributed by atoms with Gasteiger partial charge in [0.25, 0.3) is 0 Å². The van der Waals surface area contributed by atoms with E-state index in [1.807, 2.05) is 6.92 Å². The van der Waals surface area contributed by atoms with Crippen molar-refractivity contribution in [3.63, 3.8) is 0 Å². The van der Waals surface area contributed by atoms with Crippen molar-refractivity contribution in [3.8, 4) is 0 Å². The Bertz CT molecular complexity index is 466. The third-order valence-corrected chi connectivity index (χ3v) is 4.29. The van der Waals surface area contributed by atoms with Gasteiger partial charge >= 0.3 is 5.97 Å². The van der Waals surface area contributed by atoms with Crippen LogP contribution in [0, 0.1) is 0 Å². The number of nitrogens with one attached hydrogen (secondary N) is 1. The molecule has 118 valence electrons. The normalized spacial score (nSPS) is 18.0. The van der Waals surface area contributed by atoms with Crippen molar-refractivity contribution in [2.75, 3.05) is 0 Å². The molecule has 2 rings (SSSR count). The van der Waals surface area contributed by atoms with E-state index >= 15 is 0 Å². The molecular formula is C16H27N3O2. The Morgan fingerprint density at radius 2 is 2.24 bits per heavy atom. The van der Waals surface area contributed by atoms with Crippen molar-refractivity contribution in [3.05, 3.63) is 17.7 Å². The highest BCUT2D eigenvalue weighted by molar-refractivity contribution is 5.87. The van der Waals surface area contributed by atoms with E-state index in [0.29, 0.717) is 11.5 Å². The predicted octanol–water partition coefficient (Wildman–Crippen LogP) is 3.26. The maximum absolute atomic E-state index is 12.1. The van der Waals surface area contributed by atoms with E-state index in [2.05, 4.69) is 16.9 Å². The zero-order chi connectivity index (χ0) is 15.3. The maximum atomic E-state index is 12.1. The van der Waals surface area contributed by atoms with Crippen LogP contribution < -0.4 is 5.73 Å². The molecule has 1 aliphatic carbocycles. The van der Waals surface area contributed by atoms with Gasteiger partial charge < -0.3 is 15.5 Å². The number of carbonyl (C=O) groups is 1. The van der Waals surface area contributed by atoms with Crippen LogP contribution in [0.3, 0.4) is 0 Å². The van der Waals surface area contributed by atoms with Crippen molar-refractivity contribution in [2.45, 2.75) is 76.9 Å². The molecule has 0 spiro atoms. The molecule has 3 N–H and O–H groups in total. The van der Waals surface area contributed by atoms with Crippen LogP contribution in [0.25, 0.3) is 0 Å². The lowest BCUT2D eigenvalue weighted by Crippen LogP contribution is -2.44. The number of ether oxygens (including phenoxy) is 1. The van der Waals surface area contributed by atoms with Crippen LogP contribution in [0.15, 0.2) is 6.20 Å². The maximum Gasteiger partial charge on any atom is 0.356 e. The van der Waals surface area contributed by atoms with Crippen molar-refractivity contribution < 1.29 is 9.53 Å².